The van der Waals surface area contributed by atoms with Gasteiger partial charge in [-0.2, -0.15) is 5.26 Å². The Morgan fingerprint density at radius 1 is 1.32 bits per heavy atom. The third kappa shape index (κ3) is 4.79. The van der Waals surface area contributed by atoms with Crippen molar-refractivity contribution < 1.29 is 5.11 Å². The zero-order valence-corrected chi connectivity index (χ0v) is 16.4. The standard InChI is InChI=1S/C22H25N5O/c1-3-6-17-8-9-19(20(28)14-17)22-16(2)13-21(25-26-22)24-18-7-4-11-27(15-18)12-5-10-23/h8-9,13-14,18,28H,4-5,7,11-12,15H2,1-2H3,(H,24,25)/t18-/m1/s1. The van der Waals surface area contributed by atoms with E-state index >= 15 is 0 Å². The minimum atomic E-state index is 0.152. The van der Waals surface area contributed by atoms with Crippen molar-refractivity contribution in [2.45, 2.75) is 39.2 Å². The Balaban J connectivity index is 1.72. The van der Waals surface area contributed by atoms with Gasteiger partial charge in [0.05, 0.1) is 11.8 Å². The van der Waals surface area contributed by atoms with E-state index in [9.17, 15) is 5.11 Å². The van der Waals surface area contributed by atoms with E-state index in [1.807, 2.05) is 25.1 Å². The van der Waals surface area contributed by atoms with Crippen molar-refractivity contribution >= 4 is 5.82 Å². The fourth-order valence-corrected chi connectivity index (χ4v) is 3.57. The number of anilines is 1. The summed E-state index contributed by atoms with van der Waals surface area (Å²) < 4.78 is 0. The number of piperidine rings is 1. The van der Waals surface area contributed by atoms with E-state index in [0.717, 1.165) is 49.4 Å². The highest BCUT2D eigenvalue weighted by Gasteiger charge is 2.20. The molecule has 0 radical (unpaired) electrons. The molecule has 6 heteroatoms. The minimum absolute atomic E-state index is 0.152. The van der Waals surface area contributed by atoms with E-state index in [2.05, 4.69) is 38.3 Å². The molecule has 1 atom stereocenters. The third-order valence-corrected chi connectivity index (χ3v) is 4.90. The van der Waals surface area contributed by atoms with E-state index in [4.69, 9.17) is 5.26 Å². The molecule has 1 aromatic carbocycles. The van der Waals surface area contributed by atoms with Crippen LogP contribution in [0.15, 0.2) is 24.3 Å². The number of likely N-dealkylation sites (tertiary alicyclic amines) is 1. The molecule has 2 heterocycles. The van der Waals surface area contributed by atoms with Gasteiger partial charge in [0.2, 0.25) is 0 Å². The van der Waals surface area contributed by atoms with Gasteiger partial charge >= 0.3 is 0 Å². The van der Waals surface area contributed by atoms with Gasteiger partial charge in [0.1, 0.15) is 11.6 Å². The second-order valence-electron chi connectivity index (χ2n) is 7.06. The molecule has 1 aliphatic heterocycles. The van der Waals surface area contributed by atoms with Crippen LogP contribution in [0.3, 0.4) is 0 Å². The Bertz CT molecular complexity index is 938. The number of rotatable bonds is 5. The van der Waals surface area contributed by atoms with Gasteiger partial charge in [-0.1, -0.05) is 5.92 Å². The Hall–Kier alpha value is -3.09. The fourth-order valence-electron chi connectivity index (χ4n) is 3.57. The molecule has 28 heavy (non-hydrogen) atoms. The van der Waals surface area contributed by atoms with Crippen LogP contribution in [0.4, 0.5) is 5.82 Å². The molecular formula is C22H25N5O. The van der Waals surface area contributed by atoms with E-state index in [1.54, 1.807) is 13.0 Å². The molecule has 1 aliphatic rings. The lowest BCUT2D eigenvalue weighted by Crippen LogP contribution is -2.42. The lowest BCUT2D eigenvalue weighted by Gasteiger charge is -2.32. The predicted octanol–water partition coefficient (Wildman–Crippen LogP) is 3.32. The summed E-state index contributed by atoms with van der Waals surface area (Å²) in [4.78, 5) is 2.32. The number of aromatic nitrogens is 2. The zero-order valence-electron chi connectivity index (χ0n) is 16.4. The van der Waals surface area contributed by atoms with Crippen LogP contribution in [0.5, 0.6) is 5.75 Å². The highest BCUT2D eigenvalue weighted by Crippen LogP contribution is 2.31. The van der Waals surface area contributed by atoms with E-state index in [-0.39, 0.29) is 5.75 Å². The summed E-state index contributed by atoms with van der Waals surface area (Å²) in [6.45, 7) is 6.50. The van der Waals surface area contributed by atoms with Gasteiger partial charge in [-0.15, -0.1) is 16.1 Å². The molecule has 0 amide bonds. The maximum atomic E-state index is 10.3. The fraction of sp³-hybridized carbons (Fsp3) is 0.409. The van der Waals surface area contributed by atoms with Crippen LogP contribution >= 0.6 is 0 Å². The van der Waals surface area contributed by atoms with E-state index in [0.29, 0.717) is 23.7 Å². The average molecular weight is 375 g/mol. The first-order valence-corrected chi connectivity index (χ1v) is 9.57. The molecule has 0 saturated carbocycles. The van der Waals surface area contributed by atoms with Crippen LogP contribution in [0.25, 0.3) is 11.3 Å². The quantitative estimate of drug-likeness (QED) is 0.780. The van der Waals surface area contributed by atoms with Gasteiger partial charge in [-0.3, -0.25) is 0 Å². The van der Waals surface area contributed by atoms with Crippen molar-refractivity contribution in [1.29, 1.82) is 5.26 Å². The summed E-state index contributed by atoms with van der Waals surface area (Å²) in [7, 11) is 0. The maximum Gasteiger partial charge on any atom is 0.149 e. The Labute approximate surface area is 166 Å². The molecule has 0 aliphatic carbocycles. The Kier molecular flexibility index (Phi) is 6.47. The second-order valence-corrected chi connectivity index (χ2v) is 7.06. The number of phenolic OH excluding ortho intramolecular Hbond substituents is 1. The monoisotopic (exact) mass is 375 g/mol. The SMILES string of the molecule is CC#Cc1ccc(-c2nnc(N[C@@H]3CCCN(CCC#N)C3)cc2C)c(O)c1. The summed E-state index contributed by atoms with van der Waals surface area (Å²) in [6, 6.07) is 9.83. The lowest BCUT2D eigenvalue weighted by molar-refractivity contribution is 0.220. The Morgan fingerprint density at radius 3 is 2.89 bits per heavy atom. The second kappa shape index (κ2) is 9.21. The van der Waals surface area contributed by atoms with Gasteiger partial charge in [0.15, 0.2) is 0 Å². The third-order valence-electron chi connectivity index (χ3n) is 4.90. The van der Waals surface area contributed by atoms with Gasteiger partial charge in [-0.25, -0.2) is 0 Å². The number of aryl methyl sites for hydroxylation is 1. The number of phenols is 1. The summed E-state index contributed by atoms with van der Waals surface area (Å²) in [6.07, 6.45) is 2.74. The molecule has 3 rings (SSSR count). The van der Waals surface area contributed by atoms with Crippen LogP contribution in [0.1, 0.15) is 37.3 Å². The highest BCUT2D eigenvalue weighted by molar-refractivity contribution is 5.71. The number of hydrogen-bond acceptors (Lipinski definition) is 6. The molecular weight excluding hydrogens is 350 g/mol. The van der Waals surface area contributed by atoms with Gasteiger partial charge in [-0.05, 0) is 63.1 Å². The summed E-state index contributed by atoms with van der Waals surface area (Å²) in [5, 5.41) is 31.3. The van der Waals surface area contributed by atoms with Crippen LogP contribution in [-0.2, 0) is 0 Å². The molecule has 0 spiro atoms. The van der Waals surface area contributed by atoms with Crippen molar-refractivity contribution in [3.63, 3.8) is 0 Å². The van der Waals surface area contributed by atoms with Gasteiger partial charge in [0.25, 0.3) is 0 Å². The first-order valence-electron chi connectivity index (χ1n) is 9.57. The minimum Gasteiger partial charge on any atom is -0.507 e. The summed E-state index contributed by atoms with van der Waals surface area (Å²) >= 11 is 0. The predicted molar refractivity (Wildman–Crippen MR) is 110 cm³/mol. The van der Waals surface area contributed by atoms with Crippen molar-refractivity contribution in [2.24, 2.45) is 0 Å². The number of aromatic hydroxyl groups is 1. The highest BCUT2D eigenvalue weighted by atomic mass is 16.3. The number of hydrogen-bond donors (Lipinski definition) is 2. The molecule has 1 fully saturated rings. The van der Waals surface area contributed by atoms with Crippen molar-refractivity contribution in [2.75, 3.05) is 25.0 Å². The van der Waals surface area contributed by atoms with E-state index in [1.165, 1.54) is 0 Å². The molecule has 2 aromatic rings. The number of nitrogens with one attached hydrogen (secondary N) is 1. The van der Waals surface area contributed by atoms with Crippen molar-refractivity contribution in [3.8, 4) is 34.9 Å². The molecule has 2 N–H and O–H groups in total. The average Bonchev–Trinajstić information content (AvgIpc) is 2.68. The lowest BCUT2D eigenvalue weighted by atomic mass is 10.0. The summed E-state index contributed by atoms with van der Waals surface area (Å²) in [5.74, 6) is 6.65. The van der Waals surface area contributed by atoms with Gasteiger partial charge < -0.3 is 15.3 Å². The zero-order chi connectivity index (χ0) is 19.9. The number of nitriles is 1. The van der Waals surface area contributed by atoms with Crippen LogP contribution in [-0.4, -0.2) is 45.9 Å². The maximum absolute atomic E-state index is 10.3. The molecule has 0 unspecified atom stereocenters. The first kappa shape index (κ1) is 19.7. The van der Waals surface area contributed by atoms with Crippen LogP contribution < -0.4 is 5.32 Å². The van der Waals surface area contributed by atoms with Crippen LogP contribution in [0, 0.1) is 30.1 Å². The number of nitrogens with zero attached hydrogens (tertiary/aromatic N) is 4. The topological polar surface area (TPSA) is 85.1 Å². The molecule has 1 aromatic heterocycles. The molecule has 144 valence electrons. The number of benzene rings is 1. The Morgan fingerprint density at radius 2 is 2.18 bits per heavy atom. The van der Waals surface area contributed by atoms with Crippen molar-refractivity contribution in [3.05, 3.63) is 35.4 Å². The molecule has 0 bridgehead atoms. The van der Waals surface area contributed by atoms with Crippen LogP contribution in [0.2, 0.25) is 0 Å². The normalized spacial score (nSPS) is 16.7. The molecule has 1 saturated heterocycles. The molecule has 6 nitrogen and oxygen atoms in total. The van der Waals surface area contributed by atoms with E-state index < -0.39 is 0 Å². The smallest absolute Gasteiger partial charge is 0.149 e. The largest absolute Gasteiger partial charge is 0.507 e. The summed E-state index contributed by atoms with van der Waals surface area (Å²) in [5.41, 5.74) is 3.03. The van der Waals surface area contributed by atoms with Crippen molar-refractivity contribution in [1.82, 2.24) is 15.1 Å². The first-order chi connectivity index (χ1) is 13.6. The van der Waals surface area contributed by atoms with Gasteiger partial charge in [0, 0.05) is 36.7 Å².